The minimum absolute atomic E-state index is 0.169. The molecule has 0 saturated carbocycles. The van der Waals surface area contributed by atoms with Crippen LogP contribution in [0.25, 0.3) is 0 Å². The molecule has 5 N–H and O–H groups in total. The van der Waals surface area contributed by atoms with E-state index in [2.05, 4.69) is 11.1 Å². The van der Waals surface area contributed by atoms with Gasteiger partial charge in [-0.3, -0.25) is 0 Å². The maximum atomic E-state index is 9.48. The van der Waals surface area contributed by atoms with Crippen molar-refractivity contribution >= 4 is 6.03 Å². The van der Waals surface area contributed by atoms with E-state index in [0.29, 0.717) is 0 Å². The molecular formula is C8H12N2O3. The first-order valence-electron chi connectivity index (χ1n) is 3.51. The number of aromatic hydroxyl groups is 2. The van der Waals surface area contributed by atoms with E-state index in [1.807, 2.05) is 0 Å². The molecule has 1 aromatic carbocycles. The van der Waals surface area contributed by atoms with E-state index in [-0.39, 0.29) is 11.5 Å². The number of nitrogens with two attached hydrogens (primary N) is 1. The van der Waals surface area contributed by atoms with Gasteiger partial charge >= 0.3 is 6.03 Å². The van der Waals surface area contributed by atoms with Crippen LogP contribution in [0, 0.1) is 0 Å². The number of rotatable bonds is 0. The van der Waals surface area contributed by atoms with Crippen LogP contribution in [0.3, 0.4) is 0 Å². The SMILES string of the molecule is CNC(N)=O.Oc1ccc(O)cc1. The van der Waals surface area contributed by atoms with Crippen molar-refractivity contribution in [1.29, 1.82) is 0 Å². The number of carbonyl (C=O) groups is 1. The topological polar surface area (TPSA) is 95.6 Å². The van der Waals surface area contributed by atoms with Crippen molar-refractivity contribution in [3.05, 3.63) is 24.3 Å². The minimum atomic E-state index is -0.495. The van der Waals surface area contributed by atoms with Gasteiger partial charge in [0.1, 0.15) is 11.5 Å². The van der Waals surface area contributed by atoms with Crippen molar-refractivity contribution in [3.63, 3.8) is 0 Å². The number of hydrogen-bond donors (Lipinski definition) is 4. The van der Waals surface area contributed by atoms with E-state index in [1.165, 1.54) is 31.3 Å². The Labute approximate surface area is 75.8 Å². The van der Waals surface area contributed by atoms with Gasteiger partial charge in [-0.25, -0.2) is 4.79 Å². The molecule has 0 fully saturated rings. The summed E-state index contributed by atoms with van der Waals surface area (Å²) in [6, 6.07) is 5.21. The molecule has 0 atom stereocenters. The van der Waals surface area contributed by atoms with Crippen molar-refractivity contribution in [3.8, 4) is 11.5 Å². The van der Waals surface area contributed by atoms with E-state index in [0.717, 1.165) is 0 Å². The predicted molar refractivity (Wildman–Crippen MR) is 48.4 cm³/mol. The van der Waals surface area contributed by atoms with Crippen LogP contribution in [0.4, 0.5) is 4.79 Å². The molecule has 0 aliphatic carbocycles. The monoisotopic (exact) mass is 184 g/mol. The molecule has 0 heterocycles. The molecule has 0 bridgehead atoms. The normalized spacial score (nSPS) is 8.08. The molecule has 0 spiro atoms. The summed E-state index contributed by atoms with van der Waals surface area (Å²) in [5.41, 5.74) is 4.54. The Hall–Kier alpha value is -1.91. The first kappa shape index (κ1) is 11.1. The molecule has 0 aromatic heterocycles. The molecule has 5 nitrogen and oxygen atoms in total. The zero-order valence-electron chi connectivity index (χ0n) is 7.19. The van der Waals surface area contributed by atoms with Crippen molar-refractivity contribution in [2.45, 2.75) is 0 Å². The largest absolute Gasteiger partial charge is 0.508 e. The molecule has 1 rings (SSSR count). The zero-order chi connectivity index (χ0) is 10.3. The Bertz CT molecular complexity index is 238. The van der Waals surface area contributed by atoms with Crippen LogP contribution in [-0.4, -0.2) is 23.3 Å². The van der Waals surface area contributed by atoms with Crippen LogP contribution < -0.4 is 11.1 Å². The number of phenols is 2. The summed E-state index contributed by atoms with van der Waals surface area (Å²) in [6.45, 7) is 0. The van der Waals surface area contributed by atoms with Gasteiger partial charge in [-0.05, 0) is 24.3 Å². The highest BCUT2D eigenvalue weighted by atomic mass is 16.3. The standard InChI is InChI=1S/C6H6O2.C2H6N2O/c7-5-1-2-6(8)4-3-5;1-4-2(3)5/h1-4,7-8H;1H3,(H3,3,4,5). The molecule has 0 aliphatic rings. The van der Waals surface area contributed by atoms with Crippen LogP contribution in [0.2, 0.25) is 0 Å². The van der Waals surface area contributed by atoms with E-state index in [9.17, 15) is 4.79 Å². The number of amides is 2. The van der Waals surface area contributed by atoms with Crippen molar-refractivity contribution < 1.29 is 15.0 Å². The lowest BCUT2D eigenvalue weighted by molar-refractivity contribution is 0.251. The fraction of sp³-hybridized carbons (Fsp3) is 0.125. The molecule has 0 unspecified atom stereocenters. The summed E-state index contributed by atoms with van der Waals surface area (Å²) in [5, 5.41) is 19.5. The van der Waals surface area contributed by atoms with Crippen LogP contribution in [-0.2, 0) is 0 Å². The molecule has 2 amide bonds. The number of urea groups is 1. The Morgan fingerprint density at radius 3 is 1.62 bits per heavy atom. The van der Waals surface area contributed by atoms with E-state index >= 15 is 0 Å². The van der Waals surface area contributed by atoms with E-state index < -0.39 is 6.03 Å². The summed E-state index contributed by atoms with van der Waals surface area (Å²) in [5.74, 6) is 0.339. The number of carbonyl (C=O) groups excluding carboxylic acids is 1. The third kappa shape index (κ3) is 6.49. The fourth-order valence-electron chi connectivity index (χ4n) is 0.453. The molecule has 1 aromatic rings. The van der Waals surface area contributed by atoms with Crippen LogP contribution in [0.15, 0.2) is 24.3 Å². The van der Waals surface area contributed by atoms with Gasteiger partial charge in [-0.1, -0.05) is 0 Å². The van der Waals surface area contributed by atoms with Crippen LogP contribution in [0.1, 0.15) is 0 Å². The molecule has 0 saturated heterocycles. The summed E-state index contributed by atoms with van der Waals surface area (Å²) >= 11 is 0. The number of phenolic OH excluding ortho intramolecular Hbond substituents is 2. The fourth-order valence-corrected chi connectivity index (χ4v) is 0.453. The first-order chi connectivity index (χ1) is 6.06. The second-order valence-corrected chi connectivity index (χ2v) is 2.13. The molecule has 0 radical (unpaired) electrons. The predicted octanol–water partition coefficient (Wildman–Crippen LogP) is 0.382. The lowest BCUT2D eigenvalue weighted by atomic mass is 10.3. The third-order valence-electron chi connectivity index (χ3n) is 1.10. The van der Waals surface area contributed by atoms with Gasteiger partial charge in [0.25, 0.3) is 0 Å². The Morgan fingerprint density at radius 1 is 1.23 bits per heavy atom. The van der Waals surface area contributed by atoms with Crippen LogP contribution in [0.5, 0.6) is 11.5 Å². The Balaban J connectivity index is 0.000000252. The number of benzene rings is 1. The van der Waals surface area contributed by atoms with Gasteiger partial charge in [0.2, 0.25) is 0 Å². The lowest BCUT2D eigenvalue weighted by Crippen LogP contribution is -2.24. The van der Waals surface area contributed by atoms with Crippen LogP contribution >= 0.6 is 0 Å². The van der Waals surface area contributed by atoms with Crippen molar-refractivity contribution in [2.75, 3.05) is 7.05 Å². The second-order valence-electron chi connectivity index (χ2n) is 2.13. The summed E-state index contributed by atoms with van der Waals surface area (Å²) in [6.07, 6.45) is 0. The quantitative estimate of drug-likeness (QED) is 0.439. The number of hydrogen-bond acceptors (Lipinski definition) is 3. The maximum Gasteiger partial charge on any atom is 0.311 e. The third-order valence-corrected chi connectivity index (χ3v) is 1.10. The smallest absolute Gasteiger partial charge is 0.311 e. The highest BCUT2D eigenvalue weighted by Gasteiger charge is 1.84. The highest BCUT2D eigenvalue weighted by molar-refractivity contribution is 5.71. The summed E-state index contributed by atoms with van der Waals surface area (Å²) in [7, 11) is 1.47. The highest BCUT2D eigenvalue weighted by Crippen LogP contribution is 2.13. The van der Waals surface area contributed by atoms with Gasteiger partial charge in [-0.2, -0.15) is 0 Å². The van der Waals surface area contributed by atoms with Gasteiger partial charge in [-0.15, -0.1) is 0 Å². The Kier molecular flexibility index (Phi) is 4.87. The van der Waals surface area contributed by atoms with Gasteiger partial charge < -0.3 is 21.3 Å². The Morgan fingerprint density at radius 2 is 1.46 bits per heavy atom. The lowest BCUT2D eigenvalue weighted by Gasteiger charge is -1.88. The first-order valence-corrected chi connectivity index (χ1v) is 3.51. The molecule has 13 heavy (non-hydrogen) atoms. The maximum absolute atomic E-state index is 9.48. The van der Waals surface area contributed by atoms with Gasteiger partial charge in [0, 0.05) is 7.05 Å². The van der Waals surface area contributed by atoms with Crippen molar-refractivity contribution in [2.24, 2.45) is 5.73 Å². The second kappa shape index (κ2) is 5.70. The molecule has 5 heteroatoms. The average Bonchev–Trinajstić information content (AvgIpc) is 2.11. The zero-order valence-corrected chi connectivity index (χ0v) is 7.19. The number of nitrogens with one attached hydrogen (secondary N) is 1. The molecular weight excluding hydrogens is 172 g/mol. The van der Waals surface area contributed by atoms with Gasteiger partial charge in [0.15, 0.2) is 0 Å². The van der Waals surface area contributed by atoms with E-state index in [1.54, 1.807) is 0 Å². The summed E-state index contributed by atoms with van der Waals surface area (Å²) < 4.78 is 0. The summed E-state index contributed by atoms with van der Waals surface area (Å²) in [4.78, 5) is 9.48. The molecule has 0 aliphatic heterocycles. The number of primary amides is 1. The van der Waals surface area contributed by atoms with E-state index in [4.69, 9.17) is 10.2 Å². The minimum Gasteiger partial charge on any atom is -0.508 e. The molecule has 72 valence electrons. The average molecular weight is 184 g/mol. The van der Waals surface area contributed by atoms with Crippen molar-refractivity contribution in [1.82, 2.24) is 5.32 Å². The van der Waals surface area contributed by atoms with Gasteiger partial charge in [0.05, 0.1) is 0 Å².